The van der Waals surface area contributed by atoms with E-state index in [0.29, 0.717) is 21.8 Å². The van der Waals surface area contributed by atoms with Crippen molar-refractivity contribution in [1.29, 1.82) is 0 Å². The highest BCUT2D eigenvalue weighted by Crippen LogP contribution is 2.29. The number of aromatic amines is 1. The number of methoxy groups -OCH3 is 1. The quantitative estimate of drug-likeness (QED) is 0.433. The van der Waals surface area contributed by atoms with Gasteiger partial charge in [0.05, 0.1) is 25.3 Å². The standard InChI is InChI=1S/C15H14N4O4S/c1-22-7-10(14(20)19-15(16)21)9-4-2-3-5-11(9)23-12-6-13(24)18-8-17-12/h2-8H,1H3,(H,17,18,24)(H3,16,19,20,21)/b10-7+. The second-order valence-corrected chi connectivity index (χ2v) is 4.85. The molecular weight excluding hydrogens is 332 g/mol. The molecule has 124 valence electrons. The van der Waals surface area contributed by atoms with E-state index in [1.54, 1.807) is 24.3 Å². The van der Waals surface area contributed by atoms with E-state index in [1.807, 2.05) is 5.32 Å². The molecule has 9 heteroatoms. The van der Waals surface area contributed by atoms with Gasteiger partial charge in [-0.3, -0.25) is 10.1 Å². The number of urea groups is 1. The third-order valence-electron chi connectivity index (χ3n) is 2.77. The van der Waals surface area contributed by atoms with Gasteiger partial charge in [-0.1, -0.05) is 30.4 Å². The number of carbonyl (C=O) groups excluding carboxylic acids is 2. The Morgan fingerprint density at radius 1 is 1.38 bits per heavy atom. The molecule has 2 aromatic rings. The van der Waals surface area contributed by atoms with Crippen LogP contribution in [0.3, 0.4) is 0 Å². The summed E-state index contributed by atoms with van der Waals surface area (Å²) in [4.78, 5) is 29.7. The van der Waals surface area contributed by atoms with Gasteiger partial charge in [-0.25, -0.2) is 9.78 Å². The van der Waals surface area contributed by atoms with Crippen LogP contribution in [0.5, 0.6) is 11.6 Å². The fourth-order valence-electron chi connectivity index (χ4n) is 1.84. The number of hydrogen-bond donors (Lipinski definition) is 3. The number of benzene rings is 1. The van der Waals surface area contributed by atoms with E-state index >= 15 is 0 Å². The smallest absolute Gasteiger partial charge is 0.319 e. The highest BCUT2D eigenvalue weighted by atomic mass is 32.1. The number of para-hydroxylation sites is 1. The molecule has 1 aromatic heterocycles. The Kier molecular flexibility index (Phi) is 5.63. The lowest BCUT2D eigenvalue weighted by Gasteiger charge is -2.12. The molecule has 3 amide bonds. The summed E-state index contributed by atoms with van der Waals surface area (Å²) in [6, 6.07) is 7.27. The number of nitrogens with one attached hydrogen (secondary N) is 2. The van der Waals surface area contributed by atoms with E-state index in [2.05, 4.69) is 9.97 Å². The number of carbonyl (C=O) groups is 2. The minimum absolute atomic E-state index is 0.0690. The van der Waals surface area contributed by atoms with Gasteiger partial charge in [-0.2, -0.15) is 0 Å². The summed E-state index contributed by atoms with van der Waals surface area (Å²) in [5, 5.41) is 1.99. The van der Waals surface area contributed by atoms with Crippen molar-refractivity contribution in [3.8, 4) is 11.6 Å². The Morgan fingerprint density at radius 3 is 2.79 bits per heavy atom. The van der Waals surface area contributed by atoms with Crippen LogP contribution in [-0.4, -0.2) is 29.0 Å². The molecule has 1 aromatic carbocycles. The van der Waals surface area contributed by atoms with Crippen LogP contribution in [0.1, 0.15) is 5.56 Å². The van der Waals surface area contributed by atoms with Crippen LogP contribution in [0.25, 0.3) is 5.57 Å². The highest BCUT2D eigenvalue weighted by Gasteiger charge is 2.18. The van der Waals surface area contributed by atoms with Gasteiger partial charge in [0.25, 0.3) is 5.91 Å². The first kappa shape index (κ1) is 17.2. The number of primary amides is 1. The van der Waals surface area contributed by atoms with Crippen LogP contribution in [0.15, 0.2) is 42.9 Å². The van der Waals surface area contributed by atoms with E-state index in [0.717, 1.165) is 0 Å². The summed E-state index contributed by atoms with van der Waals surface area (Å²) in [6.07, 6.45) is 2.58. The van der Waals surface area contributed by atoms with Crippen LogP contribution in [-0.2, 0) is 9.53 Å². The topological polar surface area (TPSA) is 119 Å². The normalized spacial score (nSPS) is 10.8. The minimum Gasteiger partial charge on any atom is -0.504 e. The summed E-state index contributed by atoms with van der Waals surface area (Å²) < 4.78 is 11.0. The first-order chi connectivity index (χ1) is 11.5. The Hall–Kier alpha value is -3.20. The molecule has 0 atom stereocenters. The van der Waals surface area contributed by atoms with Crippen LogP contribution < -0.4 is 15.8 Å². The van der Waals surface area contributed by atoms with Gasteiger partial charge in [0, 0.05) is 11.6 Å². The molecule has 4 N–H and O–H groups in total. The lowest BCUT2D eigenvalue weighted by atomic mass is 10.1. The number of nitrogens with two attached hydrogens (primary N) is 1. The van der Waals surface area contributed by atoms with Gasteiger partial charge < -0.3 is 20.2 Å². The Labute approximate surface area is 142 Å². The lowest BCUT2D eigenvalue weighted by Crippen LogP contribution is -2.35. The van der Waals surface area contributed by atoms with Crippen LogP contribution in [0.4, 0.5) is 4.79 Å². The summed E-state index contributed by atoms with van der Waals surface area (Å²) in [7, 11) is 1.38. The van der Waals surface area contributed by atoms with Gasteiger partial charge in [0.2, 0.25) is 5.88 Å². The van der Waals surface area contributed by atoms with Crippen molar-refractivity contribution < 1.29 is 19.1 Å². The van der Waals surface area contributed by atoms with Gasteiger partial charge >= 0.3 is 6.03 Å². The summed E-state index contributed by atoms with van der Waals surface area (Å²) in [5.74, 6) is -0.0325. The number of amides is 3. The second-order valence-electron chi connectivity index (χ2n) is 4.43. The zero-order valence-electron chi connectivity index (χ0n) is 12.6. The molecule has 1 heterocycles. The van der Waals surface area contributed by atoms with E-state index in [-0.39, 0.29) is 5.57 Å². The molecule has 0 saturated heterocycles. The molecule has 0 aliphatic rings. The SMILES string of the molecule is CO/C=C(/C(=O)NC(N)=O)c1ccccc1Oc1cc(=S)nc[nH]1. The maximum absolute atomic E-state index is 12.2. The molecule has 24 heavy (non-hydrogen) atoms. The van der Waals surface area contributed by atoms with E-state index < -0.39 is 11.9 Å². The highest BCUT2D eigenvalue weighted by molar-refractivity contribution is 7.71. The minimum atomic E-state index is -0.974. The van der Waals surface area contributed by atoms with Crippen molar-refractivity contribution in [1.82, 2.24) is 15.3 Å². The van der Waals surface area contributed by atoms with Gasteiger partial charge in [0.1, 0.15) is 10.4 Å². The monoisotopic (exact) mass is 346 g/mol. The van der Waals surface area contributed by atoms with Crippen LogP contribution in [0, 0.1) is 4.64 Å². The van der Waals surface area contributed by atoms with Crippen molar-refractivity contribution in [2.24, 2.45) is 5.73 Å². The van der Waals surface area contributed by atoms with Gasteiger partial charge in [0.15, 0.2) is 0 Å². The predicted octanol–water partition coefficient (Wildman–Crippen LogP) is 2.11. The number of hydrogen-bond acceptors (Lipinski definition) is 6. The number of rotatable bonds is 5. The lowest BCUT2D eigenvalue weighted by molar-refractivity contribution is -0.114. The number of nitrogens with zero attached hydrogens (tertiary/aromatic N) is 1. The van der Waals surface area contributed by atoms with Crippen molar-refractivity contribution in [3.05, 3.63) is 53.1 Å². The number of aromatic nitrogens is 2. The average molecular weight is 346 g/mol. The maximum Gasteiger partial charge on any atom is 0.319 e. The molecule has 0 aliphatic carbocycles. The maximum atomic E-state index is 12.2. The Bertz CT molecular complexity index is 847. The van der Waals surface area contributed by atoms with Crippen LogP contribution in [0.2, 0.25) is 0 Å². The third-order valence-corrected chi connectivity index (χ3v) is 2.99. The summed E-state index contributed by atoms with van der Waals surface area (Å²) in [6.45, 7) is 0. The molecule has 0 spiro atoms. The molecule has 0 unspecified atom stereocenters. The molecule has 0 saturated carbocycles. The third kappa shape index (κ3) is 4.40. The fraction of sp³-hybridized carbons (Fsp3) is 0.0667. The molecule has 0 radical (unpaired) electrons. The largest absolute Gasteiger partial charge is 0.504 e. The molecule has 2 rings (SSSR count). The van der Waals surface area contributed by atoms with Gasteiger partial charge in [-0.05, 0) is 6.07 Å². The molecule has 0 fully saturated rings. The molecule has 8 nitrogen and oxygen atoms in total. The van der Waals surface area contributed by atoms with Crippen molar-refractivity contribution in [2.75, 3.05) is 7.11 Å². The average Bonchev–Trinajstić information content (AvgIpc) is 2.53. The summed E-state index contributed by atoms with van der Waals surface area (Å²) in [5.41, 5.74) is 5.46. The second kappa shape index (κ2) is 7.88. The van der Waals surface area contributed by atoms with E-state index in [9.17, 15) is 9.59 Å². The first-order valence-electron chi connectivity index (χ1n) is 6.67. The number of ether oxygens (including phenoxy) is 2. The first-order valence-corrected chi connectivity index (χ1v) is 7.08. The number of H-pyrrole nitrogens is 1. The summed E-state index contributed by atoms with van der Waals surface area (Å²) >= 11 is 4.97. The van der Waals surface area contributed by atoms with E-state index in [1.165, 1.54) is 25.8 Å². The molecule has 0 bridgehead atoms. The Balaban J connectivity index is 2.42. The van der Waals surface area contributed by atoms with Crippen molar-refractivity contribution in [2.45, 2.75) is 0 Å². The number of imide groups is 1. The van der Waals surface area contributed by atoms with Gasteiger partial charge in [-0.15, -0.1) is 0 Å². The Morgan fingerprint density at radius 2 is 2.12 bits per heavy atom. The zero-order valence-corrected chi connectivity index (χ0v) is 13.4. The molecular formula is C15H14N4O4S. The molecule has 0 aliphatic heterocycles. The van der Waals surface area contributed by atoms with Crippen molar-refractivity contribution >= 4 is 29.7 Å². The zero-order chi connectivity index (χ0) is 17.5. The fourth-order valence-corrected chi connectivity index (χ4v) is 2.00. The van der Waals surface area contributed by atoms with Crippen LogP contribution >= 0.6 is 12.2 Å². The van der Waals surface area contributed by atoms with Crippen molar-refractivity contribution in [3.63, 3.8) is 0 Å². The van der Waals surface area contributed by atoms with E-state index in [4.69, 9.17) is 27.4 Å². The predicted molar refractivity (Wildman–Crippen MR) is 88.6 cm³/mol.